The van der Waals surface area contributed by atoms with Gasteiger partial charge >= 0.3 is 0 Å². The Kier molecular flexibility index (Phi) is 2.87. The molecule has 2 aromatic rings. The monoisotopic (exact) mass is 257 g/mol. The van der Waals surface area contributed by atoms with Crippen molar-refractivity contribution in [1.29, 1.82) is 0 Å². The molecule has 1 aliphatic heterocycles. The van der Waals surface area contributed by atoms with Crippen LogP contribution >= 0.6 is 0 Å². The highest BCUT2D eigenvalue weighted by molar-refractivity contribution is 5.95. The van der Waals surface area contributed by atoms with Crippen LogP contribution in [0.15, 0.2) is 36.8 Å². The fourth-order valence-electron chi connectivity index (χ4n) is 2.07. The summed E-state index contributed by atoms with van der Waals surface area (Å²) in [5, 5.41) is 0. The van der Waals surface area contributed by atoms with E-state index in [0.29, 0.717) is 12.1 Å². The van der Waals surface area contributed by atoms with Gasteiger partial charge in [-0.2, -0.15) is 0 Å². The quantitative estimate of drug-likeness (QED) is 0.851. The summed E-state index contributed by atoms with van der Waals surface area (Å²) in [5.41, 5.74) is 2.35. The maximum atomic E-state index is 12.8. The standard InChI is InChI=1S/C14H12FN3O/c15-11-3-1-10(2-4-11)14(19)18-7-5-12-13(6-8-18)17-9-16-12/h1-5,7,9H,6,8H2,(H,16,17). The van der Waals surface area contributed by atoms with E-state index in [0.717, 1.165) is 17.8 Å². The molecular weight excluding hydrogens is 245 g/mol. The molecule has 96 valence electrons. The molecule has 0 saturated heterocycles. The molecule has 1 aromatic carbocycles. The number of carbonyl (C=O) groups is 1. The number of halogens is 1. The lowest BCUT2D eigenvalue weighted by Crippen LogP contribution is -2.27. The number of fused-ring (bicyclic) bond motifs is 1. The van der Waals surface area contributed by atoms with Gasteiger partial charge in [-0.05, 0) is 30.3 Å². The van der Waals surface area contributed by atoms with Crippen molar-refractivity contribution in [1.82, 2.24) is 14.9 Å². The lowest BCUT2D eigenvalue weighted by atomic mass is 10.2. The molecule has 0 bridgehead atoms. The maximum absolute atomic E-state index is 12.8. The highest BCUT2D eigenvalue weighted by atomic mass is 19.1. The second-order valence-corrected chi connectivity index (χ2v) is 4.34. The van der Waals surface area contributed by atoms with Gasteiger partial charge in [-0.1, -0.05) is 0 Å². The summed E-state index contributed by atoms with van der Waals surface area (Å²) in [5.74, 6) is -0.483. The number of hydrogen-bond donors (Lipinski definition) is 1. The second kappa shape index (κ2) is 4.68. The average Bonchev–Trinajstić information content (AvgIpc) is 2.78. The molecule has 2 heterocycles. The minimum atomic E-state index is -0.345. The second-order valence-electron chi connectivity index (χ2n) is 4.34. The van der Waals surface area contributed by atoms with Crippen molar-refractivity contribution in [2.75, 3.05) is 6.54 Å². The van der Waals surface area contributed by atoms with Gasteiger partial charge in [0.1, 0.15) is 5.82 Å². The lowest BCUT2D eigenvalue weighted by Gasteiger charge is -2.16. The number of aromatic amines is 1. The SMILES string of the molecule is O=C(c1ccc(F)cc1)N1C=Cc2nc[nH]c2CC1. The number of hydrogen-bond acceptors (Lipinski definition) is 2. The van der Waals surface area contributed by atoms with Gasteiger partial charge in [-0.3, -0.25) is 4.79 Å². The Morgan fingerprint density at radius 1 is 1.32 bits per heavy atom. The maximum Gasteiger partial charge on any atom is 0.257 e. The number of imidazole rings is 1. The van der Waals surface area contributed by atoms with Crippen LogP contribution in [0.1, 0.15) is 21.7 Å². The average molecular weight is 257 g/mol. The third-order valence-electron chi connectivity index (χ3n) is 3.12. The Bertz CT molecular complexity index is 630. The van der Waals surface area contributed by atoms with Crippen LogP contribution in [0.25, 0.3) is 6.08 Å². The first kappa shape index (κ1) is 11.6. The number of nitrogens with one attached hydrogen (secondary N) is 1. The summed E-state index contributed by atoms with van der Waals surface area (Å²) in [4.78, 5) is 21.1. The van der Waals surface area contributed by atoms with Crippen LogP contribution in [0.5, 0.6) is 0 Å². The molecule has 0 radical (unpaired) electrons. The van der Waals surface area contributed by atoms with E-state index in [1.807, 2.05) is 0 Å². The molecule has 0 fully saturated rings. The van der Waals surface area contributed by atoms with Crippen LogP contribution in [-0.4, -0.2) is 27.3 Å². The van der Waals surface area contributed by atoms with Crippen molar-refractivity contribution in [2.45, 2.75) is 6.42 Å². The molecular formula is C14H12FN3O. The van der Waals surface area contributed by atoms with Crippen molar-refractivity contribution in [2.24, 2.45) is 0 Å². The van der Waals surface area contributed by atoms with Crippen molar-refractivity contribution in [3.8, 4) is 0 Å². The van der Waals surface area contributed by atoms with Crippen molar-refractivity contribution in [3.63, 3.8) is 0 Å². The highest BCUT2D eigenvalue weighted by Gasteiger charge is 2.17. The molecule has 1 amide bonds. The van der Waals surface area contributed by atoms with E-state index < -0.39 is 0 Å². The molecule has 4 nitrogen and oxygen atoms in total. The molecule has 5 heteroatoms. The summed E-state index contributed by atoms with van der Waals surface area (Å²) in [7, 11) is 0. The van der Waals surface area contributed by atoms with Gasteiger partial charge in [0.05, 0.1) is 12.0 Å². The van der Waals surface area contributed by atoms with Gasteiger partial charge in [0.2, 0.25) is 0 Å². The lowest BCUT2D eigenvalue weighted by molar-refractivity contribution is 0.0825. The number of benzene rings is 1. The van der Waals surface area contributed by atoms with E-state index in [-0.39, 0.29) is 11.7 Å². The van der Waals surface area contributed by atoms with Crippen LogP contribution in [0, 0.1) is 5.82 Å². The van der Waals surface area contributed by atoms with Crippen molar-refractivity contribution < 1.29 is 9.18 Å². The molecule has 1 N–H and O–H groups in total. The fraction of sp³-hybridized carbons (Fsp3) is 0.143. The molecule has 0 spiro atoms. The third kappa shape index (κ3) is 2.27. The van der Waals surface area contributed by atoms with Gasteiger partial charge in [0.25, 0.3) is 5.91 Å². The van der Waals surface area contributed by atoms with Crippen molar-refractivity contribution in [3.05, 3.63) is 59.6 Å². The first-order valence-corrected chi connectivity index (χ1v) is 6.01. The van der Waals surface area contributed by atoms with Gasteiger partial charge in [-0.25, -0.2) is 9.37 Å². The molecule has 0 aliphatic carbocycles. The van der Waals surface area contributed by atoms with E-state index in [4.69, 9.17) is 0 Å². The summed E-state index contributed by atoms with van der Waals surface area (Å²) in [6.45, 7) is 0.571. The van der Waals surface area contributed by atoms with E-state index in [9.17, 15) is 9.18 Å². The molecule has 19 heavy (non-hydrogen) atoms. The Morgan fingerprint density at radius 3 is 2.89 bits per heavy atom. The van der Waals surface area contributed by atoms with Gasteiger partial charge in [0, 0.05) is 30.4 Å². The van der Waals surface area contributed by atoms with Gasteiger partial charge in [0.15, 0.2) is 0 Å². The Hall–Kier alpha value is -2.43. The van der Waals surface area contributed by atoms with Crippen LogP contribution in [0.4, 0.5) is 4.39 Å². The minimum absolute atomic E-state index is 0.138. The topological polar surface area (TPSA) is 49.0 Å². The summed E-state index contributed by atoms with van der Waals surface area (Å²) in [6.07, 6.45) is 5.89. The van der Waals surface area contributed by atoms with Crippen LogP contribution in [-0.2, 0) is 6.42 Å². The zero-order valence-corrected chi connectivity index (χ0v) is 10.1. The Balaban J connectivity index is 1.82. The van der Waals surface area contributed by atoms with Gasteiger partial charge < -0.3 is 9.88 Å². The minimum Gasteiger partial charge on any atom is -0.348 e. The van der Waals surface area contributed by atoms with E-state index in [2.05, 4.69) is 9.97 Å². The number of aromatic nitrogens is 2. The molecule has 0 atom stereocenters. The van der Waals surface area contributed by atoms with Crippen LogP contribution in [0.3, 0.4) is 0 Å². The summed E-state index contributed by atoms with van der Waals surface area (Å²) in [6, 6.07) is 5.57. The Labute approximate surface area is 109 Å². The summed E-state index contributed by atoms with van der Waals surface area (Å²) >= 11 is 0. The number of carbonyl (C=O) groups excluding carboxylic acids is 1. The van der Waals surface area contributed by atoms with Crippen LogP contribution < -0.4 is 0 Å². The van der Waals surface area contributed by atoms with Crippen molar-refractivity contribution >= 4 is 12.0 Å². The fourth-order valence-corrected chi connectivity index (χ4v) is 2.07. The predicted octanol–water partition coefficient (Wildman–Crippen LogP) is 2.22. The molecule has 3 rings (SSSR count). The predicted molar refractivity (Wildman–Crippen MR) is 68.8 cm³/mol. The zero-order chi connectivity index (χ0) is 13.2. The van der Waals surface area contributed by atoms with Crippen LogP contribution in [0.2, 0.25) is 0 Å². The van der Waals surface area contributed by atoms with E-state index in [1.54, 1.807) is 23.5 Å². The summed E-state index contributed by atoms with van der Waals surface area (Å²) < 4.78 is 12.8. The van der Waals surface area contributed by atoms with E-state index >= 15 is 0 Å². The molecule has 1 aliphatic rings. The highest BCUT2D eigenvalue weighted by Crippen LogP contribution is 2.15. The number of amides is 1. The first-order chi connectivity index (χ1) is 9.24. The molecule has 0 unspecified atom stereocenters. The van der Waals surface area contributed by atoms with Gasteiger partial charge in [-0.15, -0.1) is 0 Å². The normalized spacial score (nSPS) is 14.1. The number of rotatable bonds is 1. The first-order valence-electron chi connectivity index (χ1n) is 6.01. The Morgan fingerprint density at radius 2 is 2.11 bits per heavy atom. The smallest absolute Gasteiger partial charge is 0.257 e. The zero-order valence-electron chi connectivity index (χ0n) is 10.1. The molecule has 1 aromatic heterocycles. The molecule has 0 saturated carbocycles. The largest absolute Gasteiger partial charge is 0.348 e. The van der Waals surface area contributed by atoms with E-state index in [1.165, 1.54) is 24.3 Å². The number of nitrogens with zero attached hydrogens (tertiary/aromatic N) is 2. The number of H-pyrrole nitrogens is 1. The third-order valence-corrected chi connectivity index (χ3v) is 3.12.